The molecule has 132 valence electrons. The number of aromatic hydroxyl groups is 2. The SMILES string of the molecule is O=P1(c2cc3cc(O)ccc3cc2O)Oc2ccccc2-c2ccccc21. The van der Waals surface area contributed by atoms with Crippen molar-refractivity contribution >= 4 is 28.8 Å². The fraction of sp³-hybridized carbons (Fsp3) is 0. The van der Waals surface area contributed by atoms with E-state index in [4.69, 9.17) is 4.52 Å². The molecular formula is C22H15O4P. The number of phenols is 2. The number of hydrogen-bond acceptors (Lipinski definition) is 4. The second-order valence-electron chi connectivity index (χ2n) is 6.53. The molecule has 4 nitrogen and oxygen atoms in total. The van der Waals surface area contributed by atoms with Crippen molar-refractivity contribution in [3.63, 3.8) is 0 Å². The van der Waals surface area contributed by atoms with E-state index in [9.17, 15) is 14.8 Å². The molecule has 4 aromatic rings. The average Bonchev–Trinajstić information content (AvgIpc) is 2.68. The fourth-order valence-electron chi connectivity index (χ4n) is 3.59. The Morgan fingerprint density at radius 1 is 0.704 bits per heavy atom. The fourth-order valence-corrected chi connectivity index (χ4v) is 5.95. The minimum Gasteiger partial charge on any atom is -0.508 e. The van der Waals surface area contributed by atoms with Gasteiger partial charge < -0.3 is 14.7 Å². The molecule has 1 unspecified atom stereocenters. The number of phenolic OH excluding ortho intramolecular Hbond substituents is 2. The Bertz CT molecular complexity index is 1260. The minimum atomic E-state index is -3.58. The molecule has 0 amide bonds. The predicted molar refractivity (Wildman–Crippen MR) is 107 cm³/mol. The molecule has 5 rings (SSSR count). The molecule has 1 atom stereocenters. The van der Waals surface area contributed by atoms with Gasteiger partial charge in [0.1, 0.15) is 17.2 Å². The first-order valence-corrected chi connectivity index (χ1v) is 10.1. The minimum absolute atomic E-state index is 0.0919. The third kappa shape index (κ3) is 2.34. The molecule has 0 spiro atoms. The van der Waals surface area contributed by atoms with Crippen LogP contribution in [0.25, 0.3) is 21.9 Å². The molecule has 0 fully saturated rings. The summed E-state index contributed by atoms with van der Waals surface area (Å²) >= 11 is 0. The van der Waals surface area contributed by atoms with Crippen molar-refractivity contribution in [2.75, 3.05) is 0 Å². The molecule has 5 heteroatoms. The maximum absolute atomic E-state index is 14.1. The summed E-state index contributed by atoms with van der Waals surface area (Å²) < 4.78 is 20.1. The van der Waals surface area contributed by atoms with Crippen LogP contribution in [0.5, 0.6) is 17.2 Å². The summed E-state index contributed by atoms with van der Waals surface area (Å²) in [6.07, 6.45) is 0. The maximum Gasteiger partial charge on any atom is 0.311 e. The van der Waals surface area contributed by atoms with Crippen molar-refractivity contribution in [3.05, 3.63) is 78.9 Å². The maximum atomic E-state index is 14.1. The first kappa shape index (κ1) is 16.0. The van der Waals surface area contributed by atoms with Crippen LogP contribution in [-0.4, -0.2) is 10.2 Å². The summed E-state index contributed by atoms with van der Waals surface area (Å²) in [6, 6.07) is 22.8. The van der Waals surface area contributed by atoms with E-state index in [0.29, 0.717) is 16.4 Å². The normalized spacial score (nSPS) is 17.8. The number of hydrogen-bond donors (Lipinski definition) is 2. The third-order valence-corrected chi connectivity index (χ3v) is 7.33. The monoisotopic (exact) mass is 374 g/mol. The van der Waals surface area contributed by atoms with Gasteiger partial charge >= 0.3 is 7.37 Å². The lowest BCUT2D eigenvalue weighted by Crippen LogP contribution is -2.25. The van der Waals surface area contributed by atoms with Gasteiger partial charge in [-0.15, -0.1) is 0 Å². The van der Waals surface area contributed by atoms with Crippen molar-refractivity contribution in [3.8, 4) is 28.4 Å². The van der Waals surface area contributed by atoms with Crippen LogP contribution < -0.4 is 15.1 Å². The molecule has 0 aromatic heterocycles. The predicted octanol–water partition coefficient (Wildman–Crippen LogP) is 4.54. The van der Waals surface area contributed by atoms with Gasteiger partial charge in [-0.25, -0.2) is 0 Å². The van der Waals surface area contributed by atoms with Gasteiger partial charge in [0.05, 0.1) is 10.6 Å². The van der Waals surface area contributed by atoms with Gasteiger partial charge in [-0.05, 0) is 52.7 Å². The zero-order chi connectivity index (χ0) is 18.6. The van der Waals surface area contributed by atoms with Crippen molar-refractivity contribution in [2.24, 2.45) is 0 Å². The second-order valence-corrected chi connectivity index (χ2v) is 8.78. The smallest absolute Gasteiger partial charge is 0.311 e. The second kappa shape index (κ2) is 5.63. The van der Waals surface area contributed by atoms with Crippen LogP contribution in [0.4, 0.5) is 0 Å². The highest BCUT2D eigenvalue weighted by Crippen LogP contribution is 2.55. The molecule has 1 aliphatic rings. The van der Waals surface area contributed by atoms with Crippen LogP contribution in [0, 0.1) is 0 Å². The van der Waals surface area contributed by atoms with Crippen LogP contribution in [0.15, 0.2) is 78.9 Å². The van der Waals surface area contributed by atoms with E-state index in [2.05, 4.69) is 0 Å². The number of rotatable bonds is 1. The molecule has 0 saturated carbocycles. The van der Waals surface area contributed by atoms with E-state index in [1.54, 1.807) is 42.5 Å². The largest absolute Gasteiger partial charge is 0.508 e. The van der Waals surface area contributed by atoms with E-state index in [1.807, 2.05) is 36.4 Å². The summed E-state index contributed by atoms with van der Waals surface area (Å²) in [5.74, 6) is 0.536. The Morgan fingerprint density at radius 3 is 2.30 bits per heavy atom. The molecule has 0 saturated heterocycles. The summed E-state index contributed by atoms with van der Waals surface area (Å²) in [7, 11) is -3.58. The Balaban J connectivity index is 1.82. The molecule has 0 radical (unpaired) electrons. The van der Waals surface area contributed by atoms with Crippen molar-refractivity contribution < 1.29 is 19.3 Å². The number of para-hydroxylation sites is 1. The highest BCUT2D eigenvalue weighted by Gasteiger charge is 2.39. The zero-order valence-corrected chi connectivity index (χ0v) is 15.1. The van der Waals surface area contributed by atoms with E-state index < -0.39 is 7.37 Å². The van der Waals surface area contributed by atoms with Crippen LogP contribution in [-0.2, 0) is 4.57 Å². The van der Waals surface area contributed by atoms with Crippen LogP contribution >= 0.6 is 7.37 Å². The number of benzene rings is 4. The van der Waals surface area contributed by atoms with Gasteiger partial charge in [-0.3, -0.25) is 4.57 Å². The first-order chi connectivity index (χ1) is 13.1. The van der Waals surface area contributed by atoms with E-state index >= 15 is 0 Å². The van der Waals surface area contributed by atoms with Gasteiger partial charge in [0.15, 0.2) is 0 Å². The lowest BCUT2D eigenvalue weighted by molar-refractivity contribution is 0.472. The third-order valence-electron chi connectivity index (χ3n) is 4.86. The molecule has 27 heavy (non-hydrogen) atoms. The quantitative estimate of drug-likeness (QED) is 0.480. The van der Waals surface area contributed by atoms with E-state index in [-0.39, 0.29) is 16.8 Å². The van der Waals surface area contributed by atoms with Gasteiger partial charge in [-0.2, -0.15) is 0 Å². The summed E-state index contributed by atoms with van der Waals surface area (Å²) in [6.45, 7) is 0. The van der Waals surface area contributed by atoms with Gasteiger partial charge in [0.25, 0.3) is 0 Å². The Kier molecular flexibility index (Phi) is 3.33. The molecule has 4 aromatic carbocycles. The highest BCUT2D eigenvalue weighted by molar-refractivity contribution is 7.75. The summed E-state index contributed by atoms with van der Waals surface area (Å²) in [5.41, 5.74) is 1.70. The lowest BCUT2D eigenvalue weighted by Gasteiger charge is -2.29. The zero-order valence-electron chi connectivity index (χ0n) is 14.2. The van der Waals surface area contributed by atoms with Gasteiger partial charge in [0, 0.05) is 5.56 Å². The lowest BCUT2D eigenvalue weighted by atomic mass is 10.0. The molecule has 1 heterocycles. The Morgan fingerprint density at radius 2 is 1.44 bits per heavy atom. The van der Waals surface area contributed by atoms with Gasteiger partial charge in [-0.1, -0.05) is 42.5 Å². The molecular weight excluding hydrogens is 359 g/mol. The molecule has 2 N–H and O–H groups in total. The summed E-state index contributed by atoms with van der Waals surface area (Å²) in [4.78, 5) is 0. The van der Waals surface area contributed by atoms with E-state index in [0.717, 1.165) is 16.5 Å². The Labute approximate surface area is 155 Å². The number of fused-ring (bicyclic) bond motifs is 4. The molecule has 1 aliphatic heterocycles. The van der Waals surface area contributed by atoms with Crippen molar-refractivity contribution in [1.82, 2.24) is 0 Å². The highest BCUT2D eigenvalue weighted by atomic mass is 31.2. The molecule has 0 bridgehead atoms. The van der Waals surface area contributed by atoms with Crippen molar-refractivity contribution in [2.45, 2.75) is 0 Å². The molecule has 0 aliphatic carbocycles. The topological polar surface area (TPSA) is 66.8 Å². The summed E-state index contributed by atoms with van der Waals surface area (Å²) in [5, 5.41) is 22.6. The average molecular weight is 374 g/mol. The van der Waals surface area contributed by atoms with Crippen LogP contribution in [0.3, 0.4) is 0 Å². The van der Waals surface area contributed by atoms with E-state index in [1.165, 1.54) is 0 Å². The van der Waals surface area contributed by atoms with Crippen LogP contribution in [0.2, 0.25) is 0 Å². The van der Waals surface area contributed by atoms with Crippen LogP contribution in [0.1, 0.15) is 0 Å². The Hall–Kier alpha value is -3.23. The van der Waals surface area contributed by atoms with Gasteiger partial charge in [0.2, 0.25) is 0 Å². The van der Waals surface area contributed by atoms with Crippen molar-refractivity contribution in [1.29, 1.82) is 0 Å². The standard InChI is InChI=1S/C22H15O4P/c23-16-10-9-14-12-19(24)22(13-15(14)11-16)27(25)21-8-4-2-6-18(21)17-5-1-3-7-20(17)26-27/h1-13,23-24H. The first-order valence-electron chi connectivity index (χ1n) is 8.51.